The Morgan fingerprint density at radius 2 is 1.47 bits per heavy atom. The maximum absolute atomic E-state index is 6.22. The van der Waals surface area contributed by atoms with E-state index in [0.29, 0.717) is 0 Å². The van der Waals surface area contributed by atoms with Gasteiger partial charge in [0.05, 0.1) is 11.2 Å². The van der Waals surface area contributed by atoms with Gasteiger partial charge < -0.3 is 14.8 Å². The molecular formula is C13H20NO2P. The van der Waals surface area contributed by atoms with Gasteiger partial charge in [-0.15, -0.1) is 0 Å². The van der Waals surface area contributed by atoms with Gasteiger partial charge in [0.1, 0.15) is 5.78 Å². The van der Waals surface area contributed by atoms with E-state index in [1.807, 2.05) is 58.0 Å². The first-order valence-corrected chi connectivity index (χ1v) is 7.06. The summed E-state index contributed by atoms with van der Waals surface area (Å²) < 4.78 is 12.0. The first-order valence-electron chi connectivity index (χ1n) is 5.81. The van der Waals surface area contributed by atoms with Crippen molar-refractivity contribution in [2.75, 3.05) is 0 Å². The zero-order chi connectivity index (χ0) is 12.7. The number of benzene rings is 1. The monoisotopic (exact) mass is 253 g/mol. The Bertz CT molecular complexity index is 376. The maximum Gasteiger partial charge on any atom is 0.194 e. The quantitative estimate of drug-likeness (QED) is 0.819. The number of rotatable bonds is 2. The van der Waals surface area contributed by atoms with Gasteiger partial charge in [-0.25, -0.2) is 0 Å². The molecule has 17 heavy (non-hydrogen) atoms. The van der Waals surface area contributed by atoms with E-state index < -0.39 is 8.38 Å². The van der Waals surface area contributed by atoms with E-state index in [1.165, 1.54) is 0 Å². The minimum absolute atomic E-state index is 0.188. The lowest BCUT2D eigenvalue weighted by molar-refractivity contribution is 0.00578. The molecule has 4 heteroatoms. The zero-order valence-electron chi connectivity index (χ0n) is 10.8. The summed E-state index contributed by atoms with van der Waals surface area (Å²) in [7, 11) is -1.08. The van der Waals surface area contributed by atoms with Crippen LogP contribution in [-0.2, 0) is 9.05 Å². The lowest BCUT2D eigenvalue weighted by atomic mass is 9.90. The van der Waals surface area contributed by atoms with Gasteiger partial charge in [0.25, 0.3) is 0 Å². The Morgan fingerprint density at radius 1 is 1.00 bits per heavy atom. The number of hydrogen-bond donors (Lipinski definition) is 1. The molecule has 3 nitrogen and oxygen atoms in total. The largest absolute Gasteiger partial charge is 0.324 e. The molecule has 0 saturated carbocycles. The van der Waals surface area contributed by atoms with E-state index in [1.54, 1.807) is 0 Å². The van der Waals surface area contributed by atoms with E-state index in [-0.39, 0.29) is 17.0 Å². The predicted octanol–water partition coefficient (Wildman–Crippen LogP) is 3.56. The van der Waals surface area contributed by atoms with Gasteiger partial charge in [-0.1, -0.05) is 30.3 Å². The average molecular weight is 253 g/mol. The summed E-state index contributed by atoms with van der Waals surface area (Å²) in [6, 6.07) is 9.97. The van der Waals surface area contributed by atoms with Crippen LogP contribution in [0.3, 0.4) is 0 Å². The van der Waals surface area contributed by atoms with Crippen molar-refractivity contribution in [1.29, 1.82) is 0 Å². The lowest BCUT2D eigenvalue weighted by Crippen LogP contribution is -2.41. The summed E-state index contributed by atoms with van der Waals surface area (Å²) in [5.41, 5.74) is 6.68. The Hall–Kier alpha value is -0.470. The second-order valence-corrected chi connectivity index (χ2v) is 6.84. The minimum atomic E-state index is -1.08. The summed E-state index contributed by atoms with van der Waals surface area (Å²) >= 11 is 0. The van der Waals surface area contributed by atoms with E-state index in [2.05, 4.69) is 0 Å². The van der Waals surface area contributed by atoms with Crippen LogP contribution in [0.2, 0.25) is 0 Å². The summed E-state index contributed by atoms with van der Waals surface area (Å²) in [4.78, 5) is 0. The Balaban J connectivity index is 2.17. The van der Waals surface area contributed by atoms with Crippen molar-refractivity contribution >= 4 is 8.38 Å². The summed E-state index contributed by atoms with van der Waals surface area (Å²) in [6.45, 7) is 8.19. The van der Waals surface area contributed by atoms with E-state index in [9.17, 15) is 0 Å². The topological polar surface area (TPSA) is 44.5 Å². The maximum atomic E-state index is 6.22. The number of nitrogens with two attached hydrogens (primary N) is 1. The van der Waals surface area contributed by atoms with Crippen molar-refractivity contribution in [3.63, 3.8) is 0 Å². The standard InChI is InChI=1S/C13H20NO2P/c1-12(2)13(3,4)16-17(15-12)11(14)10-8-6-5-7-9-10/h5-9,11H,14H2,1-4H3. The fourth-order valence-corrected chi connectivity index (χ4v) is 3.59. The third-order valence-electron chi connectivity index (χ3n) is 3.45. The van der Waals surface area contributed by atoms with Crippen LogP contribution < -0.4 is 5.73 Å². The van der Waals surface area contributed by atoms with E-state index in [4.69, 9.17) is 14.8 Å². The smallest absolute Gasteiger partial charge is 0.194 e. The molecule has 1 saturated heterocycles. The average Bonchev–Trinajstić information content (AvgIpc) is 2.48. The van der Waals surface area contributed by atoms with E-state index >= 15 is 0 Å². The van der Waals surface area contributed by atoms with Gasteiger partial charge in [0, 0.05) is 0 Å². The summed E-state index contributed by atoms with van der Waals surface area (Å²) in [6.07, 6.45) is 0. The van der Waals surface area contributed by atoms with Crippen molar-refractivity contribution < 1.29 is 9.05 Å². The highest BCUT2D eigenvalue weighted by Crippen LogP contribution is 2.63. The highest BCUT2D eigenvalue weighted by Gasteiger charge is 2.51. The van der Waals surface area contributed by atoms with Crippen molar-refractivity contribution in [2.45, 2.75) is 44.7 Å². The van der Waals surface area contributed by atoms with Gasteiger partial charge in [-0.3, -0.25) is 0 Å². The lowest BCUT2D eigenvalue weighted by Gasteiger charge is -2.29. The van der Waals surface area contributed by atoms with Crippen molar-refractivity contribution in [1.82, 2.24) is 0 Å². The summed E-state index contributed by atoms with van der Waals surface area (Å²) in [5, 5.41) is 0. The number of hydrogen-bond acceptors (Lipinski definition) is 3. The Labute approximate surface area is 104 Å². The SMILES string of the molecule is CC1(C)OP(C(N)c2ccccc2)OC1(C)C. The van der Waals surface area contributed by atoms with Gasteiger partial charge in [-0.05, 0) is 33.3 Å². The molecule has 1 aromatic carbocycles. The van der Waals surface area contributed by atoms with Crippen molar-refractivity contribution in [2.24, 2.45) is 5.73 Å². The second kappa shape index (κ2) is 4.33. The van der Waals surface area contributed by atoms with Crippen LogP contribution in [-0.4, -0.2) is 11.2 Å². The molecule has 0 aliphatic carbocycles. The molecule has 1 aliphatic rings. The Morgan fingerprint density at radius 3 is 1.94 bits per heavy atom. The normalized spacial score (nSPS) is 24.8. The minimum Gasteiger partial charge on any atom is -0.324 e. The molecule has 0 spiro atoms. The van der Waals surface area contributed by atoms with Gasteiger partial charge in [-0.2, -0.15) is 0 Å². The van der Waals surface area contributed by atoms with Crippen molar-refractivity contribution in [3.8, 4) is 0 Å². The molecule has 1 heterocycles. The molecule has 1 fully saturated rings. The summed E-state index contributed by atoms with van der Waals surface area (Å²) in [5.74, 6) is -0.188. The third-order valence-corrected chi connectivity index (χ3v) is 5.48. The van der Waals surface area contributed by atoms with Gasteiger partial charge in [0.15, 0.2) is 8.38 Å². The molecule has 0 aromatic heterocycles. The van der Waals surface area contributed by atoms with Crippen LogP contribution in [0.5, 0.6) is 0 Å². The van der Waals surface area contributed by atoms with Crippen molar-refractivity contribution in [3.05, 3.63) is 35.9 Å². The molecule has 1 unspecified atom stereocenters. The van der Waals surface area contributed by atoms with Crippen LogP contribution in [0, 0.1) is 0 Å². The molecular weight excluding hydrogens is 233 g/mol. The first-order chi connectivity index (χ1) is 7.83. The van der Waals surface area contributed by atoms with Crippen LogP contribution in [0.1, 0.15) is 39.0 Å². The van der Waals surface area contributed by atoms with Crippen LogP contribution in [0.15, 0.2) is 30.3 Å². The van der Waals surface area contributed by atoms with Crippen LogP contribution in [0.4, 0.5) is 0 Å². The molecule has 1 aromatic rings. The highest BCUT2D eigenvalue weighted by molar-refractivity contribution is 7.48. The second-order valence-electron chi connectivity index (χ2n) is 5.34. The fourth-order valence-electron chi connectivity index (χ4n) is 1.57. The van der Waals surface area contributed by atoms with Gasteiger partial charge >= 0.3 is 0 Å². The van der Waals surface area contributed by atoms with Gasteiger partial charge in [0.2, 0.25) is 0 Å². The molecule has 0 bridgehead atoms. The van der Waals surface area contributed by atoms with E-state index in [0.717, 1.165) is 5.56 Å². The molecule has 2 rings (SSSR count). The highest BCUT2D eigenvalue weighted by atomic mass is 31.2. The molecule has 2 N–H and O–H groups in total. The molecule has 1 aliphatic heterocycles. The third kappa shape index (κ3) is 2.38. The van der Waals surface area contributed by atoms with Crippen LogP contribution in [0.25, 0.3) is 0 Å². The Kier molecular flexibility index (Phi) is 3.30. The molecule has 0 radical (unpaired) electrons. The predicted molar refractivity (Wildman–Crippen MR) is 70.6 cm³/mol. The fraction of sp³-hybridized carbons (Fsp3) is 0.538. The first kappa shape index (κ1) is 13.0. The molecule has 1 atom stereocenters. The van der Waals surface area contributed by atoms with Crippen LogP contribution >= 0.6 is 8.38 Å². The molecule has 94 valence electrons. The zero-order valence-corrected chi connectivity index (χ0v) is 11.7. The molecule has 0 amide bonds.